The number of carboxylic acid groups (broad SMARTS) is 1. The number of carbonyl (C=O) groups is 1. The van der Waals surface area contributed by atoms with E-state index in [1.165, 1.54) is 12.1 Å². The number of nitrogens with one attached hydrogen (secondary N) is 1. The first-order valence-corrected chi connectivity index (χ1v) is 5.43. The van der Waals surface area contributed by atoms with E-state index in [0.29, 0.717) is 18.8 Å². The highest BCUT2D eigenvalue weighted by Crippen LogP contribution is 2.17. The van der Waals surface area contributed by atoms with Crippen molar-refractivity contribution in [2.75, 3.05) is 18.5 Å². The van der Waals surface area contributed by atoms with Crippen LogP contribution in [0.3, 0.4) is 0 Å². The lowest BCUT2D eigenvalue weighted by Crippen LogP contribution is -2.20. The third-order valence-corrected chi connectivity index (χ3v) is 2.24. The Hall–Kier alpha value is -1.62. The summed E-state index contributed by atoms with van der Waals surface area (Å²) in [5.41, 5.74) is 0.319. The van der Waals surface area contributed by atoms with Gasteiger partial charge in [0.05, 0.1) is 11.7 Å². The molecule has 0 radical (unpaired) electrons. The van der Waals surface area contributed by atoms with Gasteiger partial charge in [-0.3, -0.25) is 0 Å². The first-order chi connectivity index (χ1) is 8.04. The minimum Gasteiger partial charge on any atom is -0.478 e. The Kier molecular flexibility index (Phi) is 4.90. The average molecular weight is 241 g/mol. The summed E-state index contributed by atoms with van der Waals surface area (Å²) in [4.78, 5) is 10.9. The van der Waals surface area contributed by atoms with Crippen LogP contribution in [-0.2, 0) is 4.74 Å². The van der Waals surface area contributed by atoms with E-state index in [9.17, 15) is 9.18 Å². The van der Waals surface area contributed by atoms with Gasteiger partial charge in [0, 0.05) is 18.8 Å². The van der Waals surface area contributed by atoms with Gasteiger partial charge in [-0.15, -0.1) is 0 Å². The Labute approximate surface area is 99.4 Å². The summed E-state index contributed by atoms with van der Waals surface area (Å²) in [6, 6.07) is 3.63. The summed E-state index contributed by atoms with van der Waals surface area (Å²) in [7, 11) is 0. The zero-order valence-corrected chi connectivity index (χ0v) is 9.87. The van der Waals surface area contributed by atoms with Crippen LogP contribution in [0.1, 0.15) is 24.2 Å². The van der Waals surface area contributed by atoms with Gasteiger partial charge >= 0.3 is 5.97 Å². The van der Waals surface area contributed by atoms with E-state index in [4.69, 9.17) is 9.84 Å². The van der Waals surface area contributed by atoms with Crippen molar-refractivity contribution >= 4 is 11.7 Å². The van der Waals surface area contributed by atoms with Gasteiger partial charge in [-0.2, -0.15) is 0 Å². The second-order valence-electron chi connectivity index (χ2n) is 3.64. The molecule has 1 atom stereocenters. The van der Waals surface area contributed by atoms with Crippen LogP contribution in [0.2, 0.25) is 0 Å². The molecule has 0 aromatic heterocycles. The minimum absolute atomic E-state index is 0.0355. The molecule has 1 aromatic rings. The predicted octanol–water partition coefficient (Wildman–Crippen LogP) is 2.36. The zero-order valence-electron chi connectivity index (χ0n) is 9.87. The quantitative estimate of drug-likeness (QED) is 0.802. The van der Waals surface area contributed by atoms with Crippen molar-refractivity contribution in [3.05, 3.63) is 29.6 Å². The lowest BCUT2D eigenvalue weighted by molar-refractivity contribution is 0.0696. The molecule has 0 fully saturated rings. The van der Waals surface area contributed by atoms with Gasteiger partial charge in [0.25, 0.3) is 0 Å². The predicted molar refractivity (Wildman–Crippen MR) is 62.9 cm³/mol. The molecule has 0 aliphatic rings. The van der Waals surface area contributed by atoms with Crippen LogP contribution < -0.4 is 5.32 Å². The van der Waals surface area contributed by atoms with Crippen LogP contribution in [0.15, 0.2) is 18.2 Å². The molecule has 1 rings (SSSR count). The largest absolute Gasteiger partial charge is 0.478 e. The summed E-state index contributed by atoms with van der Waals surface area (Å²) < 4.78 is 18.2. The van der Waals surface area contributed by atoms with E-state index >= 15 is 0 Å². The fourth-order valence-electron chi connectivity index (χ4n) is 1.44. The van der Waals surface area contributed by atoms with E-state index in [1.807, 2.05) is 13.8 Å². The molecular weight excluding hydrogens is 225 g/mol. The Morgan fingerprint density at radius 2 is 2.29 bits per heavy atom. The van der Waals surface area contributed by atoms with Crippen LogP contribution in [-0.4, -0.2) is 30.3 Å². The second-order valence-corrected chi connectivity index (χ2v) is 3.64. The molecule has 0 bridgehead atoms. The van der Waals surface area contributed by atoms with Gasteiger partial charge in [-0.1, -0.05) is 0 Å². The summed E-state index contributed by atoms with van der Waals surface area (Å²) in [5, 5.41) is 11.9. The average Bonchev–Trinajstić information content (AvgIpc) is 2.27. The molecule has 0 heterocycles. The topological polar surface area (TPSA) is 58.6 Å². The fraction of sp³-hybridized carbons (Fsp3) is 0.417. The molecule has 0 spiro atoms. The number of ether oxygens (including phenoxy) is 1. The number of benzene rings is 1. The lowest BCUT2D eigenvalue weighted by Gasteiger charge is -2.14. The van der Waals surface area contributed by atoms with Crippen molar-refractivity contribution in [3.8, 4) is 0 Å². The highest BCUT2D eigenvalue weighted by atomic mass is 19.1. The summed E-state index contributed by atoms with van der Waals surface area (Å²) in [6.07, 6.45) is -0.0355. The monoisotopic (exact) mass is 241 g/mol. The Bertz CT molecular complexity index is 395. The maximum absolute atomic E-state index is 12.9. The molecule has 94 valence electrons. The third kappa shape index (κ3) is 4.03. The SMILES string of the molecule is CCOC(C)CNc1ccc(F)cc1C(=O)O. The van der Waals surface area contributed by atoms with Crippen LogP contribution in [0, 0.1) is 5.82 Å². The standard InChI is InChI=1S/C12H16FNO3/c1-3-17-8(2)7-14-11-5-4-9(13)6-10(11)12(15)16/h4-6,8,14H,3,7H2,1-2H3,(H,15,16). The van der Waals surface area contributed by atoms with Crippen LogP contribution in [0.25, 0.3) is 0 Å². The van der Waals surface area contributed by atoms with Crippen molar-refractivity contribution in [1.82, 2.24) is 0 Å². The molecule has 4 nitrogen and oxygen atoms in total. The molecule has 0 amide bonds. The number of halogens is 1. The van der Waals surface area contributed by atoms with Crippen LogP contribution in [0.5, 0.6) is 0 Å². The molecule has 0 aliphatic heterocycles. The highest BCUT2D eigenvalue weighted by molar-refractivity contribution is 5.94. The Balaban J connectivity index is 2.73. The number of hydrogen-bond donors (Lipinski definition) is 2. The van der Waals surface area contributed by atoms with Crippen molar-refractivity contribution in [3.63, 3.8) is 0 Å². The van der Waals surface area contributed by atoms with Gasteiger partial charge in [0.1, 0.15) is 5.82 Å². The van der Waals surface area contributed by atoms with E-state index in [-0.39, 0.29) is 11.7 Å². The summed E-state index contributed by atoms with van der Waals surface area (Å²) >= 11 is 0. The first kappa shape index (κ1) is 13.4. The summed E-state index contributed by atoms with van der Waals surface area (Å²) in [5.74, 6) is -1.72. The van der Waals surface area contributed by atoms with E-state index < -0.39 is 11.8 Å². The molecule has 0 saturated carbocycles. The van der Waals surface area contributed by atoms with Crippen LogP contribution in [0.4, 0.5) is 10.1 Å². The Morgan fingerprint density at radius 1 is 1.59 bits per heavy atom. The highest BCUT2D eigenvalue weighted by Gasteiger charge is 2.11. The second kappa shape index (κ2) is 6.20. The van der Waals surface area contributed by atoms with Crippen molar-refractivity contribution in [2.45, 2.75) is 20.0 Å². The zero-order chi connectivity index (χ0) is 12.8. The van der Waals surface area contributed by atoms with Gasteiger partial charge in [-0.05, 0) is 32.0 Å². The van der Waals surface area contributed by atoms with Crippen LogP contribution >= 0.6 is 0 Å². The third-order valence-electron chi connectivity index (χ3n) is 2.24. The van der Waals surface area contributed by atoms with E-state index in [1.54, 1.807) is 0 Å². The smallest absolute Gasteiger partial charge is 0.337 e. The van der Waals surface area contributed by atoms with Gasteiger partial charge in [0.2, 0.25) is 0 Å². The molecular formula is C12H16FNO3. The Morgan fingerprint density at radius 3 is 2.88 bits per heavy atom. The minimum atomic E-state index is -1.16. The molecule has 5 heteroatoms. The molecule has 1 aromatic carbocycles. The van der Waals surface area contributed by atoms with Gasteiger partial charge in [0.15, 0.2) is 0 Å². The number of anilines is 1. The first-order valence-electron chi connectivity index (χ1n) is 5.43. The number of aromatic carboxylic acids is 1. The normalized spacial score (nSPS) is 12.2. The maximum Gasteiger partial charge on any atom is 0.337 e. The number of carboxylic acids is 1. The number of rotatable bonds is 6. The molecule has 0 saturated heterocycles. The van der Waals surface area contributed by atoms with Crippen molar-refractivity contribution in [2.24, 2.45) is 0 Å². The van der Waals surface area contributed by atoms with Gasteiger partial charge in [-0.25, -0.2) is 9.18 Å². The molecule has 0 aliphatic carbocycles. The van der Waals surface area contributed by atoms with E-state index in [2.05, 4.69) is 5.32 Å². The van der Waals surface area contributed by atoms with Crippen molar-refractivity contribution in [1.29, 1.82) is 0 Å². The van der Waals surface area contributed by atoms with Crippen molar-refractivity contribution < 1.29 is 19.0 Å². The van der Waals surface area contributed by atoms with Gasteiger partial charge < -0.3 is 15.2 Å². The fourth-order valence-corrected chi connectivity index (χ4v) is 1.44. The lowest BCUT2D eigenvalue weighted by atomic mass is 10.1. The van der Waals surface area contributed by atoms with E-state index in [0.717, 1.165) is 6.07 Å². The molecule has 1 unspecified atom stereocenters. The maximum atomic E-state index is 12.9. The number of hydrogen-bond acceptors (Lipinski definition) is 3. The molecule has 17 heavy (non-hydrogen) atoms. The molecule has 2 N–H and O–H groups in total. The summed E-state index contributed by atoms with van der Waals surface area (Å²) in [6.45, 7) is 4.83.